The van der Waals surface area contributed by atoms with Crippen molar-refractivity contribution >= 4 is 12.0 Å². The van der Waals surface area contributed by atoms with Crippen LogP contribution in [0.1, 0.15) is 54.9 Å². The molecular weight excluding hydrogens is 180 g/mol. The highest BCUT2D eigenvalue weighted by Gasteiger charge is 2.27. The largest absolute Gasteiger partial charge is 0.309 e. The normalized spacial score (nSPS) is 13.8. The standard InChI is InChI=1S/C11H24OS/c1-8-10(4,5)13-12-11(6,7)9(2)3/h9H,8H2,1-7H3. The van der Waals surface area contributed by atoms with Crippen molar-refractivity contribution in [3.05, 3.63) is 0 Å². The fraction of sp³-hybridized carbons (Fsp3) is 1.00. The number of hydrogen-bond donors (Lipinski definition) is 0. The van der Waals surface area contributed by atoms with Crippen molar-refractivity contribution in [2.24, 2.45) is 5.92 Å². The summed E-state index contributed by atoms with van der Waals surface area (Å²) < 4.78 is 6.09. The molecule has 0 radical (unpaired) electrons. The lowest BCUT2D eigenvalue weighted by molar-refractivity contribution is 0.0824. The van der Waals surface area contributed by atoms with Gasteiger partial charge in [-0.05, 0) is 52.1 Å². The van der Waals surface area contributed by atoms with Crippen LogP contribution in [0.4, 0.5) is 0 Å². The van der Waals surface area contributed by atoms with Gasteiger partial charge in [0.25, 0.3) is 0 Å². The summed E-state index contributed by atoms with van der Waals surface area (Å²) in [5.74, 6) is 0.549. The van der Waals surface area contributed by atoms with E-state index in [2.05, 4.69) is 48.5 Å². The summed E-state index contributed by atoms with van der Waals surface area (Å²) in [7, 11) is 0. The maximum Gasteiger partial charge on any atom is 0.0796 e. The first-order valence-electron chi connectivity index (χ1n) is 5.08. The second-order valence-corrected chi connectivity index (χ2v) is 6.48. The van der Waals surface area contributed by atoms with Gasteiger partial charge in [0.1, 0.15) is 0 Å². The Morgan fingerprint density at radius 2 is 1.62 bits per heavy atom. The van der Waals surface area contributed by atoms with E-state index in [0.29, 0.717) is 5.92 Å². The van der Waals surface area contributed by atoms with Crippen LogP contribution in [0.25, 0.3) is 0 Å². The van der Waals surface area contributed by atoms with Gasteiger partial charge in [-0.3, -0.25) is 0 Å². The van der Waals surface area contributed by atoms with Gasteiger partial charge in [0.2, 0.25) is 0 Å². The Balaban J connectivity index is 4.02. The highest BCUT2D eigenvalue weighted by Crippen LogP contribution is 2.35. The van der Waals surface area contributed by atoms with Crippen LogP contribution in [0.2, 0.25) is 0 Å². The zero-order chi connectivity index (χ0) is 10.7. The first-order chi connectivity index (χ1) is 5.71. The molecule has 0 rings (SSSR count). The van der Waals surface area contributed by atoms with E-state index in [9.17, 15) is 0 Å². The quantitative estimate of drug-likeness (QED) is 0.618. The van der Waals surface area contributed by atoms with E-state index in [4.69, 9.17) is 4.18 Å². The van der Waals surface area contributed by atoms with Crippen LogP contribution in [-0.4, -0.2) is 10.3 Å². The zero-order valence-electron chi connectivity index (χ0n) is 10.1. The number of hydrogen-bond acceptors (Lipinski definition) is 2. The molecule has 0 atom stereocenters. The molecule has 0 spiro atoms. The van der Waals surface area contributed by atoms with Gasteiger partial charge in [0, 0.05) is 4.75 Å². The van der Waals surface area contributed by atoms with Crippen LogP contribution in [0, 0.1) is 5.92 Å². The van der Waals surface area contributed by atoms with Crippen LogP contribution in [0.3, 0.4) is 0 Å². The maximum absolute atomic E-state index is 5.86. The average molecular weight is 204 g/mol. The summed E-state index contributed by atoms with van der Waals surface area (Å²) in [6.45, 7) is 15.3. The predicted molar refractivity (Wildman–Crippen MR) is 62.0 cm³/mol. The highest BCUT2D eigenvalue weighted by molar-refractivity contribution is 7.96. The second kappa shape index (κ2) is 4.70. The summed E-state index contributed by atoms with van der Waals surface area (Å²) in [5.41, 5.74) is -0.0306. The van der Waals surface area contributed by atoms with Crippen molar-refractivity contribution in [1.82, 2.24) is 0 Å². The van der Waals surface area contributed by atoms with Crippen LogP contribution in [0.15, 0.2) is 0 Å². The molecule has 0 fully saturated rings. The highest BCUT2D eigenvalue weighted by atomic mass is 32.2. The van der Waals surface area contributed by atoms with Gasteiger partial charge in [-0.2, -0.15) is 0 Å². The topological polar surface area (TPSA) is 9.23 Å². The summed E-state index contributed by atoms with van der Waals surface area (Å²) in [6.07, 6.45) is 1.13. The van der Waals surface area contributed by atoms with E-state index in [0.717, 1.165) is 6.42 Å². The SMILES string of the molecule is CCC(C)(C)SOC(C)(C)C(C)C. The molecule has 0 aromatic carbocycles. The predicted octanol–water partition coefficient (Wildman–Crippen LogP) is 4.27. The zero-order valence-corrected chi connectivity index (χ0v) is 10.9. The fourth-order valence-electron chi connectivity index (χ4n) is 0.375. The molecule has 0 amide bonds. The van der Waals surface area contributed by atoms with Crippen molar-refractivity contribution in [1.29, 1.82) is 0 Å². The Morgan fingerprint density at radius 3 is 1.92 bits per heavy atom. The molecule has 0 aliphatic rings. The van der Waals surface area contributed by atoms with E-state index >= 15 is 0 Å². The molecule has 0 aromatic heterocycles. The van der Waals surface area contributed by atoms with Gasteiger partial charge in [-0.1, -0.05) is 20.8 Å². The van der Waals surface area contributed by atoms with Crippen LogP contribution < -0.4 is 0 Å². The van der Waals surface area contributed by atoms with Crippen molar-refractivity contribution < 1.29 is 4.18 Å². The summed E-state index contributed by atoms with van der Waals surface area (Å²) >= 11 is 1.61. The molecule has 80 valence electrons. The van der Waals surface area contributed by atoms with E-state index in [1.807, 2.05) is 0 Å². The molecule has 0 heterocycles. The third-order valence-electron chi connectivity index (χ3n) is 2.72. The molecule has 0 bridgehead atoms. The van der Waals surface area contributed by atoms with Crippen LogP contribution in [-0.2, 0) is 4.18 Å². The van der Waals surface area contributed by atoms with E-state index in [-0.39, 0.29) is 10.3 Å². The molecule has 0 saturated carbocycles. The van der Waals surface area contributed by atoms with Gasteiger partial charge in [-0.25, -0.2) is 0 Å². The number of rotatable bonds is 5. The maximum atomic E-state index is 5.86. The molecule has 0 aromatic rings. The van der Waals surface area contributed by atoms with Gasteiger partial charge in [0.05, 0.1) is 5.60 Å². The van der Waals surface area contributed by atoms with Crippen molar-refractivity contribution in [2.45, 2.75) is 65.2 Å². The van der Waals surface area contributed by atoms with Gasteiger partial charge >= 0.3 is 0 Å². The van der Waals surface area contributed by atoms with Gasteiger partial charge in [0.15, 0.2) is 0 Å². The van der Waals surface area contributed by atoms with Crippen molar-refractivity contribution in [3.8, 4) is 0 Å². The minimum absolute atomic E-state index is 0.0306. The molecule has 0 aliphatic carbocycles. The van der Waals surface area contributed by atoms with Crippen LogP contribution in [0.5, 0.6) is 0 Å². The van der Waals surface area contributed by atoms with E-state index in [1.54, 1.807) is 12.0 Å². The molecule has 2 heteroatoms. The Labute approximate surface area is 87.8 Å². The summed E-state index contributed by atoms with van der Waals surface area (Å²) in [5, 5.41) is 0. The van der Waals surface area contributed by atoms with Gasteiger partial charge < -0.3 is 4.18 Å². The molecule has 0 saturated heterocycles. The minimum atomic E-state index is -0.0306. The first kappa shape index (κ1) is 13.3. The molecule has 0 N–H and O–H groups in total. The van der Waals surface area contributed by atoms with E-state index < -0.39 is 0 Å². The van der Waals surface area contributed by atoms with Gasteiger partial charge in [-0.15, -0.1) is 0 Å². The molecule has 0 unspecified atom stereocenters. The minimum Gasteiger partial charge on any atom is -0.309 e. The summed E-state index contributed by atoms with van der Waals surface area (Å²) in [4.78, 5) is 0. The Kier molecular flexibility index (Phi) is 4.81. The lowest BCUT2D eigenvalue weighted by atomic mass is 9.95. The third kappa shape index (κ3) is 4.92. The van der Waals surface area contributed by atoms with Crippen molar-refractivity contribution in [3.63, 3.8) is 0 Å². The lowest BCUT2D eigenvalue weighted by Crippen LogP contribution is -2.30. The smallest absolute Gasteiger partial charge is 0.0796 e. The Hall–Kier alpha value is 0.310. The van der Waals surface area contributed by atoms with Crippen molar-refractivity contribution in [2.75, 3.05) is 0 Å². The fourth-order valence-corrected chi connectivity index (χ4v) is 1.13. The molecular formula is C11H24OS. The molecule has 13 heavy (non-hydrogen) atoms. The third-order valence-corrected chi connectivity index (χ3v) is 3.98. The lowest BCUT2D eigenvalue weighted by Gasteiger charge is -2.32. The second-order valence-electron chi connectivity index (χ2n) is 5.04. The Bertz CT molecular complexity index is 150. The van der Waals surface area contributed by atoms with Crippen LogP contribution >= 0.6 is 12.0 Å². The molecule has 1 nitrogen and oxygen atoms in total. The average Bonchev–Trinajstić information content (AvgIpc) is 2.01. The Morgan fingerprint density at radius 1 is 1.15 bits per heavy atom. The summed E-state index contributed by atoms with van der Waals surface area (Å²) in [6, 6.07) is 0. The van der Waals surface area contributed by atoms with E-state index in [1.165, 1.54) is 0 Å². The monoisotopic (exact) mass is 204 g/mol. The molecule has 0 aliphatic heterocycles. The first-order valence-corrected chi connectivity index (χ1v) is 5.82.